The molecule has 1 atom stereocenters. The number of aromatic nitrogens is 3. The molecule has 0 saturated carbocycles. The highest BCUT2D eigenvalue weighted by molar-refractivity contribution is 7.14. The van der Waals surface area contributed by atoms with Crippen molar-refractivity contribution < 1.29 is 14.6 Å². The normalized spacial score (nSPS) is 15.5. The first-order valence-electron chi connectivity index (χ1n) is 8.24. The highest BCUT2D eigenvalue weighted by atomic mass is 32.1. The molecule has 3 aromatic rings. The number of nitrogens with zero attached hydrogens (tertiary/aromatic N) is 3. The Labute approximate surface area is 158 Å². The number of hydrogen-bond acceptors (Lipinski definition) is 7. The van der Waals surface area contributed by atoms with Gasteiger partial charge in [0.1, 0.15) is 24.5 Å². The molecular weight excluding hydrogens is 368 g/mol. The standard InChI is InChI=1S/C18H16N4O4S/c1-10-6-19-17(27-10)12-4-2-11(3-5-12)13-8-26-16-15(21-13)18(25)22(9-20-16)7-14(23)24/h2-6,9,13,21H,7-8H2,1H3,(H,23,24)/t13-/m0/s1. The Balaban J connectivity index is 1.59. The minimum absolute atomic E-state index is 0.176. The van der Waals surface area contributed by atoms with E-state index in [-0.39, 0.29) is 17.6 Å². The van der Waals surface area contributed by atoms with Gasteiger partial charge < -0.3 is 15.2 Å². The molecule has 3 heterocycles. The summed E-state index contributed by atoms with van der Waals surface area (Å²) < 4.78 is 6.64. The summed E-state index contributed by atoms with van der Waals surface area (Å²) in [5, 5.41) is 13.0. The van der Waals surface area contributed by atoms with Crippen LogP contribution < -0.4 is 15.6 Å². The maximum Gasteiger partial charge on any atom is 0.323 e. The van der Waals surface area contributed by atoms with E-state index in [1.165, 1.54) is 6.33 Å². The number of thiazole rings is 1. The maximum absolute atomic E-state index is 12.5. The van der Waals surface area contributed by atoms with Crippen molar-refractivity contribution in [2.24, 2.45) is 0 Å². The largest absolute Gasteiger partial charge is 0.480 e. The molecule has 1 aliphatic heterocycles. The number of fused-ring (bicyclic) bond motifs is 1. The number of nitrogens with one attached hydrogen (secondary N) is 1. The highest BCUT2D eigenvalue weighted by Crippen LogP contribution is 2.31. The van der Waals surface area contributed by atoms with Crippen molar-refractivity contribution in [1.29, 1.82) is 0 Å². The van der Waals surface area contributed by atoms with Crippen molar-refractivity contribution in [3.63, 3.8) is 0 Å². The number of ether oxygens (including phenoxy) is 1. The van der Waals surface area contributed by atoms with Gasteiger partial charge in [-0.2, -0.15) is 0 Å². The van der Waals surface area contributed by atoms with Crippen molar-refractivity contribution in [3.8, 4) is 16.5 Å². The Bertz CT molecular complexity index is 1060. The Kier molecular flexibility index (Phi) is 4.36. The summed E-state index contributed by atoms with van der Waals surface area (Å²) in [5.74, 6) is -0.923. The van der Waals surface area contributed by atoms with Crippen LogP contribution in [0, 0.1) is 6.92 Å². The SMILES string of the molecule is Cc1cnc(-c2ccc([C@@H]3COc4ncn(CC(=O)O)c(=O)c4N3)cc2)s1. The predicted octanol–water partition coefficient (Wildman–Crippen LogP) is 2.31. The van der Waals surface area contributed by atoms with Gasteiger partial charge in [-0.1, -0.05) is 24.3 Å². The van der Waals surface area contributed by atoms with E-state index in [1.54, 1.807) is 11.3 Å². The molecule has 8 nitrogen and oxygen atoms in total. The lowest BCUT2D eigenvalue weighted by Crippen LogP contribution is -2.33. The molecule has 2 aromatic heterocycles. The Morgan fingerprint density at radius 2 is 2.15 bits per heavy atom. The van der Waals surface area contributed by atoms with Crippen molar-refractivity contribution in [2.75, 3.05) is 11.9 Å². The minimum Gasteiger partial charge on any atom is -0.480 e. The third-order valence-corrected chi connectivity index (χ3v) is 5.16. The van der Waals surface area contributed by atoms with Crippen LogP contribution >= 0.6 is 11.3 Å². The van der Waals surface area contributed by atoms with Gasteiger partial charge in [0.2, 0.25) is 5.88 Å². The number of benzene rings is 1. The van der Waals surface area contributed by atoms with Gasteiger partial charge in [-0.3, -0.25) is 14.2 Å². The Morgan fingerprint density at radius 3 is 2.81 bits per heavy atom. The van der Waals surface area contributed by atoms with Crippen LogP contribution in [0.25, 0.3) is 10.6 Å². The van der Waals surface area contributed by atoms with E-state index in [2.05, 4.69) is 15.3 Å². The van der Waals surface area contributed by atoms with Crippen LogP contribution in [0.4, 0.5) is 5.69 Å². The molecule has 0 saturated heterocycles. The predicted molar refractivity (Wildman–Crippen MR) is 100 cm³/mol. The summed E-state index contributed by atoms with van der Waals surface area (Å²) in [5.41, 5.74) is 1.68. The molecule has 0 radical (unpaired) electrons. The van der Waals surface area contributed by atoms with Gasteiger partial charge in [-0.05, 0) is 12.5 Å². The zero-order valence-electron chi connectivity index (χ0n) is 14.4. The van der Waals surface area contributed by atoms with Crippen molar-refractivity contribution in [1.82, 2.24) is 14.5 Å². The molecule has 0 aliphatic carbocycles. The molecule has 0 unspecified atom stereocenters. The smallest absolute Gasteiger partial charge is 0.323 e. The average molecular weight is 384 g/mol. The topological polar surface area (TPSA) is 106 Å². The first kappa shape index (κ1) is 17.2. The molecule has 0 spiro atoms. The molecule has 1 aliphatic rings. The third kappa shape index (κ3) is 3.41. The number of hydrogen-bond donors (Lipinski definition) is 2. The molecule has 4 rings (SSSR count). The fourth-order valence-electron chi connectivity index (χ4n) is 2.87. The van der Waals surface area contributed by atoms with Gasteiger partial charge in [0.05, 0.1) is 6.04 Å². The van der Waals surface area contributed by atoms with Crippen molar-refractivity contribution in [3.05, 3.63) is 57.6 Å². The summed E-state index contributed by atoms with van der Waals surface area (Å²) in [4.78, 5) is 32.9. The van der Waals surface area contributed by atoms with Crippen LogP contribution in [-0.4, -0.2) is 32.2 Å². The fraction of sp³-hybridized carbons (Fsp3) is 0.222. The van der Waals surface area contributed by atoms with Gasteiger partial charge in [-0.25, -0.2) is 9.97 Å². The molecule has 1 aromatic carbocycles. The van der Waals surface area contributed by atoms with Crippen LogP contribution in [0.5, 0.6) is 5.88 Å². The van der Waals surface area contributed by atoms with E-state index >= 15 is 0 Å². The van der Waals surface area contributed by atoms with Crippen LogP contribution in [0.1, 0.15) is 16.5 Å². The number of carboxylic acids is 1. The molecule has 0 amide bonds. The second-order valence-corrected chi connectivity index (χ2v) is 7.39. The summed E-state index contributed by atoms with van der Waals surface area (Å²) in [7, 11) is 0. The lowest BCUT2D eigenvalue weighted by atomic mass is 10.0. The van der Waals surface area contributed by atoms with Crippen LogP contribution in [0.2, 0.25) is 0 Å². The molecule has 138 valence electrons. The third-order valence-electron chi connectivity index (χ3n) is 4.20. The number of rotatable bonds is 4. The van der Waals surface area contributed by atoms with Gasteiger partial charge in [0.25, 0.3) is 5.56 Å². The van der Waals surface area contributed by atoms with E-state index in [0.717, 1.165) is 25.6 Å². The lowest BCUT2D eigenvalue weighted by molar-refractivity contribution is -0.137. The van der Waals surface area contributed by atoms with E-state index in [0.29, 0.717) is 6.61 Å². The molecule has 27 heavy (non-hydrogen) atoms. The number of carboxylic acid groups (broad SMARTS) is 1. The van der Waals surface area contributed by atoms with Crippen LogP contribution in [0.3, 0.4) is 0 Å². The molecular formula is C18H16N4O4S. The quantitative estimate of drug-likeness (QED) is 0.711. The first-order chi connectivity index (χ1) is 13.0. The van der Waals surface area contributed by atoms with Crippen LogP contribution in [-0.2, 0) is 11.3 Å². The molecule has 0 bridgehead atoms. The monoisotopic (exact) mass is 384 g/mol. The molecule has 9 heteroatoms. The first-order valence-corrected chi connectivity index (χ1v) is 9.06. The zero-order chi connectivity index (χ0) is 19.0. The summed E-state index contributed by atoms with van der Waals surface area (Å²) in [6, 6.07) is 7.65. The highest BCUT2D eigenvalue weighted by Gasteiger charge is 2.25. The summed E-state index contributed by atoms with van der Waals surface area (Å²) >= 11 is 1.63. The van der Waals surface area contributed by atoms with E-state index in [4.69, 9.17) is 9.84 Å². The van der Waals surface area contributed by atoms with Gasteiger partial charge in [-0.15, -0.1) is 11.3 Å². The summed E-state index contributed by atoms with van der Waals surface area (Å²) in [6.07, 6.45) is 3.03. The average Bonchev–Trinajstić information content (AvgIpc) is 3.10. The molecule has 0 fully saturated rings. The van der Waals surface area contributed by atoms with Gasteiger partial charge >= 0.3 is 5.97 Å². The maximum atomic E-state index is 12.5. The minimum atomic E-state index is -1.11. The fourth-order valence-corrected chi connectivity index (χ4v) is 3.64. The number of carbonyl (C=O) groups is 1. The zero-order valence-corrected chi connectivity index (χ0v) is 15.2. The number of aryl methyl sites for hydroxylation is 1. The van der Waals surface area contributed by atoms with E-state index in [9.17, 15) is 9.59 Å². The number of aliphatic carboxylic acids is 1. The lowest BCUT2D eigenvalue weighted by Gasteiger charge is -2.26. The van der Waals surface area contributed by atoms with Gasteiger partial charge in [0.15, 0.2) is 5.69 Å². The Hall–Kier alpha value is -3.20. The van der Waals surface area contributed by atoms with Crippen LogP contribution in [0.15, 0.2) is 41.6 Å². The van der Waals surface area contributed by atoms with Gasteiger partial charge in [0, 0.05) is 16.6 Å². The van der Waals surface area contributed by atoms with E-state index in [1.807, 2.05) is 37.4 Å². The number of anilines is 1. The Morgan fingerprint density at radius 1 is 1.37 bits per heavy atom. The van der Waals surface area contributed by atoms with Crippen molar-refractivity contribution in [2.45, 2.75) is 19.5 Å². The summed E-state index contributed by atoms with van der Waals surface area (Å²) in [6.45, 7) is 1.88. The second-order valence-electron chi connectivity index (χ2n) is 6.16. The van der Waals surface area contributed by atoms with E-state index < -0.39 is 18.1 Å². The van der Waals surface area contributed by atoms with Crippen molar-refractivity contribution >= 4 is 23.0 Å². The second kappa shape index (κ2) is 6.84. The molecule has 2 N–H and O–H groups in total.